The summed E-state index contributed by atoms with van der Waals surface area (Å²) < 4.78 is 12.7. The smallest absolute Gasteiger partial charge is 0.308 e. The van der Waals surface area contributed by atoms with Gasteiger partial charge in [-0.3, -0.25) is 9.59 Å². The highest BCUT2D eigenvalue weighted by atomic mass is 16.5. The molecule has 4 N–H and O–H groups in total. The lowest BCUT2D eigenvalue weighted by Crippen LogP contribution is -2.16. The summed E-state index contributed by atoms with van der Waals surface area (Å²) in [5.41, 5.74) is 27.4. The largest absolute Gasteiger partial charge is 0.422 e. The van der Waals surface area contributed by atoms with Crippen molar-refractivity contribution in [3.63, 3.8) is 0 Å². The molecule has 112 heavy (non-hydrogen) atoms. The lowest BCUT2D eigenvalue weighted by Gasteiger charge is -2.26. The zero-order valence-electron chi connectivity index (χ0n) is 70.6. The van der Waals surface area contributed by atoms with Crippen molar-refractivity contribution in [3.05, 3.63) is 211 Å². The highest BCUT2D eigenvalue weighted by molar-refractivity contribution is 6.06. The number of nitrogens with zero attached hydrogens (tertiary/aromatic N) is 4. The lowest BCUT2D eigenvalue weighted by molar-refractivity contribution is -0.132. The predicted molar refractivity (Wildman–Crippen MR) is 471 cm³/mol. The zero-order valence-corrected chi connectivity index (χ0v) is 70.6. The Bertz CT molecular complexity index is 5440. The SMILES string of the molecule is CC(=O)Oc1c2nc(c(-c3cc(C(C)(C)C)cc(C(C)(C)C)c3)c3ccc([nH]3)c(-c3c4nc(c(-c5cc(C(C)(C)C)cc(C(C)(C)C)c5)c5ccc([nH]5)c(OC(C)=O)c5nc(c(-c6cc(C(C)(C)C)cc(C(C)(C)C)c6)c6ccc3[nH]6)C=C5)C=C4)c3nc(c(-c4cc(C(C)(C)C)cc(C(C)(C)C)c4)c4ccc1[nH]4)C=C3)C=C2. The molecule has 0 amide bonds. The third-order valence-electron chi connectivity index (χ3n) is 22.0. The Balaban J connectivity index is 1.24. The van der Waals surface area contributed by atoms with Gasteiger partial charge in [0, 0.05) is 80.3 Å². The van der Waals surface area contributed by atoms with Crippen molar-refractivity contribution in [3.8, 4) is 67.1 Å². The number of fused-ring (bicyclic) bond motifs is 16. The summed E-state index contributed by atoms with van der Waals surface area (Å²) in [6.07, 6.45) is 16.6. The molecule has 0 spiro atoms. The van der Waals surface area contributed by atoms with Gasteiger partial charge < -0.3 is 29.4 Å². The van der Waals surface area contributed by atoms with E-state index in [4.69, 9.17) is 29.4 Å². The van der Waals surface area contributed by atoms with Gasteiger partial charge in [0.05, 0.1) is 45.2 Å². The molecule has 4 aliphatic heterocycles. The van der Waals surface area contributed by atoms with Gasteiger partial charge in [-0.15, -0.1) is 0 Å². The molecule has 12 heteroatoms. The first kappa shape index (κ1) is 77.7. The number of aromatic amines is 4. The van der Waals surface area contributed by atoms with E-state index >= 15 is 0 Å². The van der Waals surface area contributed by atoms with Gasteiger partial charge in [0.1, 0.15) is 11.4 Å². The Hall–Kier alpha value is -11.0. The molecule has 4 aliphatic rings. The maximum atomic E-state index is 13.6. The number of benzene rings is 4. The van der Waals surface area contributed by atoms with Gasteiger partial charge in [0.2, 0.25) is 0 Å². The number of rotatable bonds is 7. The second-order valence-corrected chi connectivity index (χ2v) is 39.3. The molecule has 16 bridgehead atoms. The van der Waals surface area contributed by atoms with E-state index in [-0.39, 0.29) is 43.3 Å². The molecular formula is C100H110N8O4. The summed E-state index contributed by atoms with van der Waals surface area (Å²) in [7, 11) is 0. The van der Waals surface area contributed by atoms with E-state index in [0.29, 0.717) is 68.1 Å². The van der Waals surface area contributed by atoms with Crippen molar-refractivity contribution in [2.45, 2.75) is 223 Å². The van der Waals surface area contributed by atoms with E-state index in [0.717, 1.165) is 88.7 Å². The average molecular weight is 1490 g/mol. The Morgan fingerprint density at radius 2 is 0.393 bits per heavy atom. The predicted octanol–water partition coefficient (Wildman–Crippen LogP) is 26.2. The highest BCUT2D eigenvalue weighted by Crippen LogP contribution is 2.47. The van der Waals surface area contributed by atoms with Crippen LogP contribution in [0.15, 0.2) is 121 Å². The zero-order chi connectivity index (χ0) is 80.8. The van der Waals surface area contributed by atoms with Crippen LogP contribution in [0.2, 0.25) is 0 Å². The molecule has 0 radical (unpaired) electrons. The molecule has 10 aromatic rings. The molecule has 4 aromatic carbocycles. The summed E-state index contributed by atoms with van der Waals surface area (Å²) in [5, 5.41) is 0. The highest BCUT2D eigenvalue weighted by Gasteiger charge is 2.31. The van der Waals surface area contributed by atoms with Crippen molar-refractivity contribution in [1.82, 2.24) is 39.9 Å². The van der Waals surface area contributed by atoms with E-state index in [9.17, 15) is 9.59 Å². The van der Waals surface area contributed by atoms with Crippen LogP contribution in [0.3, 0.4) is 0 Å². The van der Waals surface area contributed by atoms with Gasteiger partial charge in [-0.1, -0.05) is 239 Å². The number of carbonyl (C=O) groups is 2. The minimum atomic E-state index is -0.471. The number of aromatic nitrogens is 8. The minimum absolute atomic E-state index is 0.234. The van der Waals surface area contributed by atoms with Gasteiger partial charge in [-0.25, -0.2) is 19.9 Å². The Labute approximate surface area is 661 Å². The van der Waals surface area contributed by atoms with Crippen molar-refractivity contribution in [2.24, 2.45) is 0 Å². The Morgan fingerprint density at radius 3 is 0.589 bits per heavy atom. The second kappa shape index (κ2) is 27.4. The normalized spacial score (nSPS) is 13.6. The number of H-pyrrole nitrogens is 4. The summed E-state index contributed by atoms with van der Waals surface area (Å²) in [6.45, 7) is 57.2. The topological polar surface area (TPSA) is 167 Å². The van der Waals surface area contributed by atoms with Crippen LogP contribution in [0.1, 0.15) is 270 Å². The molecule has 0 atom stereocenters. The number of esters is 2. The van der Waals surface area contributed by atoms with Crippen LogP contribution in [-0.4, -0.2) is 51.8 Å². The fourth-order valence-corrected chi connectivity index (χ4v) is 15.2. The van der Waals surface area contributed by atoms with E-state index in [1.54, 1.807) is 0 Å². The van der Waals surface area contributed by atoms with Gasteiger partial charge >= 0.3 is 11.9 Å². The number of ether oxygens (including phenoxy) is 2. The number of hydrogen-bond acceptors (Lipinski definition) is 8. The number of nitrogens with one attached hydrogen (secondary N) is 4. The van der Waals surface area contributed by atoms with E-state index in [2.05, 4.69) is 320 Å². The second-order valence-electron chi connectivity index (χ2n) is 39.3. The molecule has 0 saturated heterocycles. The van der Waals surface area contributed by atoms with E-state index in [1.807, 2.05) is 36.4 Å². The molecule has 0 fully saturated rings. The third kappa shape index (κ3) is 15.3. The maximum Gasteiger partial charge on any atom is 0.308 e. The number of carbonyl (C=O) groups excluding carboxylic acids is 2. The molecule has 12 nitrogen and oxygen atoms in total. The summed E-state index contributed by atoms with van der Waals surface area (Å²) in [4.78, 5) is 66.2. The monoisotopic (exact) mass is 1490 g/mol. The third-order valence-corrected chi connectivity index (χ3v) is 22.0. The molecule has 0 aliphatic carbocycles. The van der Waals surface area contributed by atoms with E-state index < -0.39 is 11.9 Å². The van der Waals surface area contributed by atoms with Crippen LogP contribution in [0.25, 0.3) is 148 Å². The van der Waals surface area contributed by atoms with Gasteiger partial charge in [0.15, 0.2) is 11.5 Å². The average Bonchev–Trinajstić information content (AvgIpc) is 1.57. The van der Waals surface area contributed by atoms with Crippen LogP contribution < -0.4 is 9.47 Å². The van der Waals surface area contributed by atoms with Gasteiger partial charge in [0.25, 0.3) is 0 Å². The molecular weight excluding hydrogens is 1380 g/mol. The summed E-state index contributed by atoms with van der Waals surface area (Å²) >= 11 is 0. The molecule has 0 saturated carbocycles. The van der Waals surface area contributed by atoms with Crippen LogP contribution >= 0.6 is 0 Å². The van der Waals surface area contributed by atoms with Crippen molar-refractivity contribution in [1.29, 1.82) is 0 Å². The maximum absolute atomic E-state index is 13.6. The first-order valence-electron chi connectivity index (χ1n) is 39.5. The van der Waals surface area contributed by atoms with Crippen LogP contribution in [0, 0.1) is 0 Å². The molecule has 10 heterocycles. The standard InChI is InChI=1S/C100H110N8O4/c1-55(109)111-91-81-39-35-73(105-81)85(57-43-61(93(3,4)5)51-62(44-57)94(6,7)8)69-27-31-77(101-69)89(78-32-28-70(102-78)86(74-36-40-82(91)106-74)58-45-63(95(9,10)11)52-64(46-58)96(12,13)14)90-79-33-29-71(103-79)87(59-47-65(97(15,16)17)53-66(48-59)98(18,19)20)75-37-41-83(107-75)92(112-56(2)110)84-42-38-76(108-84)88(72-30-34-80(90)104-72)60-49-67(99(21,22)23)54-68(50-60)100(24,25)26/h27-54,101,103,106,108H,1-26H3. The Morgan fingerprint density at radius 1 is 0.232 bits per heavy atom. The van der Waals surface area contributed by atoms with Crippen LogP contribution in [0.4, 0.5) is 0 Å². The molecule has 6 aromatic heterocycles. The molecule has 14 rings (SSSR count). The Kier molecular flexibility index (Phi) is 19.1. The van der Waals surface area contributed by atoms with Crippen LogP contribution in [-0.2, 0) is 52.9 Å². The molecule has 0 unspecified atom stereocenters. The first-order chi connectivity index (χ1) is 52.1. The van der Waals surface area contributed by atoms with Gasteiger partial charge in [-0.2, -0.15) is 0 Å². The molecule has 574 valence electrons. The fraction of sp³-hybridized carbons (Fsp3) is 0.340. The summed E-state index contributed by atoms with van der Waals surface area (Å²) in [5.74, 6) is -0.330. The summed E-state index contributed by atoms with van der Waals surface area (Å²) in [6, 6.07) is 44.7. The fourth-order valence-electron chi connectivity index (χ4n) is 15.2. The quantitative estimate of drug-likeness (QED) is 0.114. The van der Waals surface area contributed by atoms with Crippen LogP contribution in [0.5, 0.6) is 11.5 Å². The number of hydrogen-bond donors (Lipinski definition) is 4. The van der Waals surface area contributed by atoms with Crippen molar-refractivity contribution < 1.29 is 19.1 Å². The van der Waals surface area contributed by atoms with Crippen molar-refractivity contribution in [2.75, 3.05) is 0 Å². The minimum Gasteiger partial charge on any atom is -0.422 e. The van der Waals surface area contributed by atoms with E-state index in [1.165, 1.54) is 58.4 Å². The lowest BCUT2D eigenvalue weighted by atomic mass is 9.78. The van der Waals surface area contributed by atoms with Gasteiger partial charge in [-0.05, 0) is 207 Å². The first-order valence-corrected chi connectivity index (χ1v) is 39.5. The van der Waals surface area contributed by atoms with Crippen molar-refractivity contribution >= 4 is 105 Å².